The topological polar surface area (TPSA) is 120 Å². The van der Waals surface area contributed by atoms with Crippen molar-refractivity contribution in [2.75, 3.05) is 0 Å². The van der Waals surface area contributed by atoms with Crippen molar-refractivity contribution >= 4 is 28.7 Å². The van der Waals surface area contributed by atoms with Crippen molar-refractivity contribution in [1.29, 1.82) is 0 Å². The number of aromatic nitrogens is 1. The van der Waals surface area contributed by atoms with E-state index < -0.39 is 5.97 Å². The number of aliphatic imine (C=N–C) groups is 3. The van der Waals surface area contributed by atoms with E-state index in [2.05, 4.69) is 51.0 Å². The summed E-state index contributed by atoms with van der Waals surface area (Å²) in [5.74, 6) is -0.691. The Morgan fingerprint density at radius 1 is 0.891 bits per heavy atom. The molecule has 2 atom stereocenters. The third kappa shape index (κ3) is 4.53. The normalized spacial score (nSPS) is 23.8. The number of pyridine rings is 1. The monoisotopic (exact) mass is 613 g/mol. The summed E-state index contributed by atoms with van der Waals surface area (Å²) in [7, 11) is 0. The minimum Gasteiger partial charge on any atom is -0.511 e. The van der Waals surface area contributed by atoms with Crippen molar-refractivity contribution < 1.29 is 15.0 Å². The van der Waals surface area contributed by atoms with Crippen molar-refractivity contribution in [3.05, 3.63) is 115 Å². The zero-order chi connectivity index (χ0) is 32.4. The Morgan fingerprint density at radius 2 is 1.59 bits per heavy atom. The lowest BCUT2D eigenvalue weighted by Gasteiger charge is -2.18. The highest BCUT2D eigenvalue weighted by molar-refractivity contribution is 6.34. The van der Waals surface area contributed by atoms with Crippen LogP contribution >= 0.6 is 0 Å². The van der Waals surface area contributed by atoms with Gasteiger partial charge in [-0.2, -0.15) is 0 Å². The second-order valence-electron chi connectivity index (χ2n) is 12.8. The molecule has 1 fully saturated rings. The predicted molar refractivity (Wildman–Crippen MR) is 182 cm³/mol. The summed E-state index contributed by atoms with van der Waals surface area (Å²) in [6, 6.07) is 4.02. The molecule has 6 heterocycles. The van der Waals surface area contributed by atoms with Gasteiger partial charge in [0.1, 0.15) is 5.76 Å². The molecule has 5 aliphatic heterocycles. The lowest BCUT2D eigenvalue weighted by Crippen LogP contribution is -2.16. The Morgan fingerprint density at radius 3 is 2.28 bits per heavy atom. The first kappa shape index (κ1) is 29.8. The number of carbonyl (C=O) groups is 1. The molecule has 0 aromatic carbocycles. The molecule has 8 nitrogen and oxygen atoms in total. The second kappa shape index (κ2) is 11.2. The molecule has 3 N–H and O–H groups in total. The number of hydrogen-bond donors (Lipinski definition) is 3. The Hall–Kier alpha value is -4.85. The molecule has 0 radical (unpaired) electrons. The molecule has 1 saturated heterocycles. The zero-order valence-electron chi connectivity index (χ0n) is 27.2. The number of allylic oxidation sites excluding steroid dienone is 12. The molecule has 1 aromatic heterocycles. The summed E-state index contributed by atoms with van der Waals surface area (Å²) in [4.78, 5) is 31.8. The fraction of sp³-hybridized carbons (Fsp3) is 0.342. The van der Waals surface area contributed by atoms with Crippen LogP contribution in [0.5, 0.6) is 0 Å². The number of carboxylic acids is 1. The molecular weight excluding hydrogens is 574 g/mol. The number of nitrogens with zero attached hydrogens (tertiary/aromatic N) is 4. The summed E-state index contributed by atoms with van der Waals surface area (Å²) in [5, 5.41) is 24.9. The van der Waals surface area contributed by atoms with Crippen molar-refractivity contribution in [3.8, 4) is 0 Å². The highest BCUT2D eigenvalue weighted by Gasteiger charge is 2.43. The van der Waals surface area contributed by atoms with Gasteiger partial charge < -0.3 is 15.5 Å². The zero-order valence-corrected chi connectivity index (χ0v) is 27.2. The Balaban J connectivity index is 1.56. The van der Waals surface area contributed by atoms with Crippen molar-refractivity contribution in [2.45, 2.75) is 73.6 Å². The molecule has 0 amide bonds. The van der Waals surface area contributed by atoms with Gasteiger partial charge in [0.25, 0.3) is 0 Å². The Kier molecular flexibility index (Phi) is 7.26. The van der Waals surface area contributed by atoms with Gasteiger partial charge in [0.05, 0.1) is 34.2 Å². The van der Waals surface area contributed by atoms with Crippen LogP contribution in [0.1, 0.15) is 79.2 Å². The number of fused-ring (bicyclic) bond motifs is 5. The van der Waals surface area contributed by atoms with Crippen LogP contribution < -0.4 is 5.32 Å². The first-order chi connectivity index (χ1) is 22.1. The van der Waals surface area contributed by atoms with Crippen LogP contribution in [0, 0.1) is 11.8 Å². The van der Waals surface area contributed by atoms with Gasteiger partial charge in [0.15, 0.2) is 0 Å². The van der Waals surface area contributed by atoms with Gasteiger partial charge >= 0.3 is 5.97 Å². The van der Waals surface area contributed by atoms with E-state index in [1.165, 1.54) is 11.1 Å². The first-order valence-electron chi connectivity index (χ1n) is 16.2. The van der Waals surface area contributed by atoms with Crippen molar-refractivity contribution in [1.82, 2.24) is 10.3 Å². The third-order valence-electron chi connectivity index (χ3n) is 10.3. The van der Waals surface area contributed by atoms with Gasteiger partial charge in [-0.15, -0.1) is 0 Å². The summed E-state index contributed by atoms with van der Waals surface area (Å²) in [6.07, 6.45) is 10.3. The minimum absolute atomic E-state index is 0.0387. The van der Waals surface area contributed by atoms with Crippen LogP contribution in [0.4, 0.5) is 0 Å². The molecule has 6 aliphatic rings. The van der Waals surface area contributed by atoms with E-state index in [0.29, 0.717) is 18.6 Å². The lowest BCUT2D eigenvalue weighted by atomic mass is 9.83. The number of rotatable bonds is 6. The van der Waals surface area contributed by atoms with E-state index in [-0.39, 0.29) is 18.3 Å². The number of aliphatic hydroxyl groups is 1. The smallest absolute Gasteiger partial charge is 0.303 e. The fourth-order valence-electron chi connectivity index (χ4n) is 7.85. The van der Waals surface area contributed by atoms with Crippen LogP contribution in [-0.2, 0) is 4.79 Å². The SMILES string of the molecule is CCC1=C(C)C2=NC1=CC1=C(C)C3=C(O)CC(=C4NC(=C(c5ccncc5)C5=NC(=C2)C(CC)=C5C)[C@@H](C)[C@@H]4CCC(=O)O)C3=N1. The summed E-state index contributed by atoms with van der Waals surface area (Å²) < 4.78 is 0. The molecule has 8 bridgehead atoms. The molecule has 0 unspecified atom stereocenters. The van der Waals surface area contributed by atoms with Crippen LogP contribution in [0.2, 0.25) is 0 Å². The van der Waals surface area contributed by atoms with Gasteiger partial charge in [-0.3, -0.25) is 9.78 Å². The van der Waals surface area contributed by atoms with E-state index in [4.69, 9.17) is 15.0 Å². The van der Waals surface area contributed by atoms with E-state index in [1.54, 1.807) is 12.4 Å². The van der Waals surface area contributed by atoms with E-state index >= 15 is 0 Å². The number of aliphatic carboxylic acids is 1. The van der Waals surface area contributed by atoms with E-state index in [0.717, 1.165) is 97.5 Å². The molecule has 0 saturated carbocycles. The second-order valence-corrected chi connectivity index (χ2v) is 12.8. The maximum Gasteiger partial charge on any atom is 0.303 e. The number of aliphatic hydroxyl groups excluding tert-OH is 1. The van der Waals surface area contributed by atoms with Crippen LogP contribution in [0.15, 0.2) is 125 Å². The van der Waals surface area contributed by atoms with Gasteiger partial charge in [-0.1, -0.05) is 20.8 Å². The standard InChI is InChI=1S/C38H39N5O3/c1-7-23-18(3)27-16-30-24(8-2)19(4)35(42-30)34(22-11-13-39-14-12-22)36-20(5)25(9-10-32(45)46)37(43-36)26-15-31(44)33-21(6)28(41-38(26)33)17-29(23)40-27/h11-14,16-17,20,25,43-44H,7-10,15H2,1-6H3,(H,45,46)/t20-,25-/m0/s1. The Bertz CT molecular complexity index is 1970. The van der Waals surface area contributed by atoms with E-state index in [9.17, 15) is 15.0 Å². The molecule has 234 valence electrons. The molecule has 8 heteroatoms. The quantitative estimate of drug-likeness (QED) is 0.302. The molecule has 7 rings (SSSR count). The van der Waals surface area contributed by atoms with E-state index in [1.807, 2.05) is 25.1 Å². The molecule has 1 aromatic rings. The minimum atomic E-state index is -0.827. The van der Waals surface area contributed by atoms with Gasteiger partial charge in [0.2, 0.25) is 0 Å². The van der Waals surface area contributed by atoms with Gasteiger partial charge in [0, 0.05) is 65.2 Å². The van der Waals surface area contributed by atoms with Crippen LogP contribution in [-0.4, -0.2) is 38.3 Å². The predicted octanol–water partition coefficient (Wildman–Crippen LogP) is 7.86. The van der Waals surface area contributed by atoms with Crippen molar-refractivity contribution in [2.24, 2.45) is 26.8 Å². The average molecular weight is 614 g/mol. The summed E-state index contributed by atoms with van der Waals surface area (Å²) >= 11 is 0. The molecule has 1 aliphatic carbocycles. The van der Waals surface area contributed by atoms with Gasteiger partial charge in [-0.05, 0) is 97.7 Å². The summed E-state index contributed by atoms with van der Waals surface area (Å²) in [5.41, 5.74) is 16.3. The maximum absolute atomic E-state index is 11.9. The molecule has 0 spiro atoms. The highest BCUT2D eigenvalue weighted by atomic mass is 16.4. The summed E-state index contributed by atoms with van der Waals surface area (Å²) in [6.45, 7) is 12.8. The van der Waals surface area contributed by atoms with Crippen LogP contribution in [0.3, 0.4) is 0 Å². The fourth-order valence-corrected chi connectivity index (χ4v) is 7.85. The number of nitrogens with one attached hydrogen (secondary N) is 1. The molecular formula is C38H39N5O3. The highest BCUT2D eigenvalue weighted by Crippen LogP contribution is 2.48. The van der Waals surface area contributed by atoms with Gasteiger partial charge in [-0.25, -0.2) is 15.0 Å². The maximum atomic E-state index is 11.9. The Labute approximate surface area is 269 Å². The largest absolute Gasteiger partial charge is 0.511 e. The molecule has 46 heavy (non-hydrogen) atoms. The number of hydrogen-bond acceptors (Lipinski definition) is 7. The van der Waals surface area contributed by atoms with Crippen LogP contribution in [0.25, 0.3) is 5.57 Å². The average Bonchev–Trinajstić information content (AvgIpc) is 3.79. The third-order valence-corrected chi connectivity index (χ3v) is 10.3. The number of carboxylic acid groups (broad SMARTS) is 1. The van der Waals surface area contributed by atoms with Crippen molar-refractivity contribution in [3.63, 3.8) is 0 Å². The lowest BCUT2D eigenvalue weighted by molar-refractivity contribution is -0.137. The first-order valence-corrected chi connectivity index (χ1v) is 16.2.